The zero-order chi connectivity index (χ0) is 12.8. The van der Waals surface area contributed by atoms with Crippen molar-refractivity contribution in [2.75, 3.05) is 20.0 Å². The Morgan fingerprint density at radius 1 is 1.12 bits per heavy atom. The molecule has 0 aliphatic carbocycles. The van der Waals surface area contributed by atoms with Gasteiger partial charge in [-0.25, -0.2) is 0 Å². The van der Waals surface area contributed by atoms with Crippen LogP contribution in [0.1, 0.15) is 6.99 Å². The van der Waals surface area contributed by atoms with E-state index in [0.29, 0.717) is 0 Å². The average molecular weight is 264 g/mol. The van der Waals surface area contributed by atoms with Crippen molar-refractivity contribution in [2.45, 2.75) is 6.16 Å². The van der Waals surface area contributed by atoms with Crippen molar-refractivity contribution in [3.05, 3.63) is 35.9 Å². The Labute approximate surface area is 99.1 Å². The molecule has 0 atom stereocenters. The summed E-state index contributed by atoms with van der Waals surface area (Å²) in [7, 11) is -5.80. The third kappa shape index (κ3) is 13.5. The van der Waals surface area contributed by atoms with Gasteiger partial charge in [0.15, 0.2) is 0 Å². The molecule has 0 N–H and O–H groups in total. The summed E-state index contributed by atoms with van der Waals surface area (Å²) in [4.78, 5) is 0. The average Bonchev–Trinajstić information content (AvgIpc) is 1.99. The Hall–Kier alpha value is -0.480. The molecule has 0 saturated heterocycles. The third-order valence-corrected chi connectivity index (χ3v) is 2.81. The molecule has 1 aromatic rings. The Morgan fingerprint density at radius 2 is 1.50 bits per heavy atom. The summed E-state index contributed by atoms with van der Waals surface area (Å²) in [5.41, 5.74) is 1.48. The zero-order valence-corrected chi connectivity index (χ0v) is 11.3. The van der Waals surface area contributed by atoms with E-state index in [9.17, 15) is 0 Å². The maximum absolute atomic E-state index is 8.52. The van der Waals surface area contributed by atoms with E-state index in [2.05, 4.69) is 50.3 Å². The molecule has 0 heterocycles. The van der Waals surface area contributed by atoms with Gasteiger partial charge in [-0.15, -0.1) is 0 Å². The van der Waals surface area contributed by atoms with Gasteiger partial charge in [0.1, 0.15) is 0 Å². The standard InChI is InChI=1S/C10H16P.H2O4S/c1-11(2,3)9-10-7-5-4-6-8-10;1-5(2,3)4/h4-8H,9H2,1-3H3;(H2,1,2,3,4)/q+1;/p-1. The molecule has 0 aromatic heterocycles. The van der Waals surface area contributed by atoms with Crippen LogP contribution in [0.15, 0.2) is 30.3 Å². The SMILES string of the molecule is C[P+](C)(C)Cc1ccccc1.O=S(=O)([O-])[O-].[H+]. The maximum atomic E-state index is 8.52. The first-order chi connectivity index (χ1) is 7.08. The van der Waals surface area contributed by atoms with E-state index in [-0.39, 0.29) is 1.43 Å². The fourth-order valence-electron chi connectivity index (χ4n) is 1.13. The van der Waals surface area contributed by atoms with Gasteiger partial charge in [0, 0.05) is 37.7 Å². The van der Waals surface area contributed by atoms with Crippen LogP contribution in [0.4, 0.5) is 0 Å². The van der Waals surface area contributed by atoms with E-state index in [0.717, 1.165) is 0 Å². The first-order valence-electron chi connectivity index (χ1n) is 4.59. The lowest BCUT2D eigenvalue weighted by atomic mass is 10.2. The summed E-state index contributed by atoms with van der Waals surface area (Å²) in [5.74, 6) is 0. The molecule has 6 heteroatoms. The third-order valence-electron chi connectivity index (χ3n) is 1.50. The van der Waals surface area contributed by atoms with Crippen LogP contribution in [0.3, 0.4) is 0 Å². The van der Waals surface area contributed by atoms with Crippen LogP contribution in [0.5, 0.6) is 0 Å². The molecule has 0 amide bonds. The lowest BCUT2D eigenvalue weighted by Crippen LogP contribution is -1.91. The summed E-state index contributed by atoms with van der Waals surface area (Å²) in [6.07, 6.45) is 1.27. The zero-order valence-electron chi connectivity index (χ0n) is 10.6. The minimum atomic E-state index is -5.17. The maximum Gasteiger partial charge on any atom is 1.00 e. The fraction of sp³-hybridized carbons (Fsp3) is 0.400. The van der Waals surface area contributed by atoms with Crippen molar-refractivity contribution in [1.29, 1.82) is 0 Å². The first-order valence-corrected chi connectivity index (χ1v) is 9.24. The molecule has 4 nitrogen and oxygen atoms in total. The predicted molar refractivity (Wildman–Crippen MR) is 66.4 cm³/mol. The van der Waals surface area contributed by atoms with Crippen LogP contribution >= 0.6 is 7.26 Å². The molecule has 0 bridgehead atoms. The second-order valence-electron chi connectivity index (χ2n) is 4.34. The van der Waals surface area contributed by atoms with Gasteiger partial charge in [-0.3, -0.25) is 8.42 Å². The van der Waals surface area contributed by atoms with Gasteiger partial charge in [0.25, 0.3) is 0 Å². The quantitative estimate of drug-likeness (QED) is 0.464. The minimum absolute atomic E-state index is 0. The Morgan fingerprint density at radius 3 is 1.81 bits per heavy atom. The molecule has 0 aliphatic heterocycles. The molecular formula is C10H17O4PS. The van der Waals surface area contributed by atoms with Crippen LogP contribution < -0.4 is 0 Å². The van der Waals surface area contributed by atoms with Crippen molar-refractivity contribution >= 4 is 17.7 Å². The molecule has 0 spiro atoms. The monoisotopic (exact) mass is 264 g/mol. The Balaban J connectivity index is 0. The Bertz CT molecular complexity index is 392. The van der Waals surface area contributed by atoms with Crippen LogP contribution in [0, 0.1) is 0 Å². The van der Waals surface area contributed by atoms with E-state index in [1.54, 1.807) is 0 Å². The Kier molecular flexibility index (Phi) is 6.11. The summed E-state index contributed by atoms with van der Waals surface area (Å²) >= 11 is 0. The van der Waals surface area contributed by atoms with Crippen molar-refractivity contribution in [1.82, 2.24) is 0 Å². The fourth-order valence-corrected chi connectivity index (χ4v) is 2.44. The molecule has 0 radical (unpaired) electrons. The van der Waals surface area contributed by atoms with Crippen LogP contribution in [0.2, 0.25) is 0 Å². The smallest absolute Gasteiger partial charge is 0.759 e. The van der Waals surface area contributed by atoms with Gasteiger partial charge in [-0.05, 0) is 5.56 Å². The second kappa shape index (κ2) is 6.30. The summed E-state index contributed by atoms with van der Waals surface area (Å²) in [6.45, 7) is 7.12. The van der Waals surface area contributed by atoms with E-state index < -0.39 is 17.7 Å². The van der Waals surface area contributed by atoms with Gasteiger partial charge in [0.05, 0.1) is 6.16 Å². The summed E-state index contributed by atoms with van der Waals surface area (Å²) in [5, 5.41) is 0. The summed E-state index contributed by atoms with van der Waals surface area (Å²) < 4.78 is 34.1. The normalized spacial score (nSPS) is 11.6. The number of hydrogen-bond acceptors (Lipinski definition) is 4. The van der Waals surface area contributed by atoms with Crippen molar-refractivity contribution in [2.24, 2.45) is 0 Å². The van der Waals surface area contributed by atoms with Crippen molar-refractivity contribution < 1.29 is 18.9 Å². The molecule has 16 heavy (non-hydrogen) atoms. The minimum Gasteiger partial charge on any atom is -0.759 e. The molecule has 0 unspecified atom stereocenters. The molecule has 1 aromatic carbocycles. The highest BCUT2D eigenvalue weighted by molar-refractivity contribution is 7.79. The van der Waals surface area contributed by atoms with E-state index in [1.807, 2.05) is 0 Å². The lowest BCUT2D eigenvalue weighted by molar-refractivity contribution is 0.352. The molecule has 1 rings (SSSR count). The molecule has 0 fully saturated rings. The van der Waals surface area contributed by atoms with Crippen LogP contribution in [-0.4, -0.2) is 37.5 Å². The van der Waals surface area contributed by atoms with Gasteiger partial charge in [-0.2, -0.15) is 0 Å². The van der Waals surface area contributed by atoms with Gasteiger partial charge >= 0.3 is 1.43 Å². The van der Waals surface area contributed by atoms with E-state index in [4.69, 9.17) is 17.5 Å². The highest BCUT2D eigenvalue weighted by Gasteiger charge is 2.16. The van der Waals surface area contributed by atoms with Crippen LogP contribution in [-0.2, 0) is 16.6 Å². The number of hydrogen-bond donors (Lipinski definition) is 0. The summed E-state index contributed by atoms with van der Waals surface area (Å²) in [6, 6.07) is 10.7. The van der Waals surface area contributed by atoms with Crippen molar-refractivity contribution in [3.63, 3.8) is 0 Å². The number of benzene rings is 1. The predicted octanol–water partition coefficient (Wildman–Crippen LogP) is 1.87. The molecule has 0 aliphatic rings. The van der Waals surface area contributed by atoms with Gasteiger partial charge in [-0.1, -0.05) is 30.3 Å². The highest BCUT2D eigenvalue weighted by atomic mass is 32.3. The van der Waals surface area contributed by atoms with Gasteiger partial charge in [0.2, 0.25) is 0 Å². The highest BCUT2D eigenvalue weighted by Crippen LogP contribution is 2.49. The molecular weight excluding hydrogens is 247 g/mol. The molecule has 92 valence electrons. The van der Waals surface area contributed by atoms with Crippen molar-refractivity contribution in [3.8, 4) is 0 Å². The second-order valence-corrected chi connectivity index (χ2v) is 10.1. The van der Waals surface area contributed by atoms with Gasteiger partial charge < -0.3 is 9.11 Å². The lowest BCUT2D eigenvalue weighted by Gasteiger charge is -2.10. The van der Waals surface area contributed by atoms with E-state index in [1.165, 1.54) is 11.7 Å². The van der Waals surface area contributed by atoms with E-state index >= 15 is 0 Å². The van der Waals surface area contributed by atoms with Crippen LogP contribution in [0.25, 0.3) is 0 Å². The topological polar surface area (TPSA) is 80.3 Å². The molecule has 0 saturated carbocycles. The largest absolute Gasteiger partial charge is 1.00 e. The first kappa shape index (κ1) is 15.5. The number of rotatable bonds is 2.